The normalized spacial score (nSPS) is 16.8. The fourth-order valence-electron chi connectivity index (χ4n) is 2.91. The van der Waals surface area contributed by atoms with Crippen molar-refractivity contribution in [1.82, 2.24) is 19.7 Å². The van der Waals surface area contributed by atoms with Gasteiger partial charge in [-0.2, -0.15) is 0 Å². The van der Waals surface area contributed by atoms with Gasteiger partial charge < -0.3 is 18.9 Å². The van der Waals surface area contributed by atoms with Crippen molar-refractivity contribution in [3.63, 3.8) is 0 Å². The van der Waals surface area contributed by atoms with Crippen LogP contribution in [-0.4, -0.2) is 46.3 Å². The summed E-state index contributed by atoms with van der Waals surface area (Å²) in [5, 5.41) is 8.78. The second-order valence-corrected chi connectivity index (χ2v) is 5.99. The molecule has 1 amide bonds. The van der Waals surface area contributed by atoms with E-state index in [1.807, 2.05) is 11.5 Å². The average Bonchev–Trinajstić information content (AvgIpc) is 2.99. The third-order valence-electron chi connectivity index (χ3n) is 4.20. The first-order valence-corrected chi connectivity index (χ1v) is 8.00. The molecule has 1 unspecified atom stereocenters. The van der Waals surface area contributed by atoms with E-state index in [1.165, 1.54) is 0 Å². The third kappa shape index (κ3) is 2.85. The zero-order chi connectivity index (χ0) is 17.3. The number of halogens is 1. The second kappa shape index (κ2) is 6.78. The molecule has 0 saturated carbocycles. The largest absolute Gasteiger partial charge is 0.497 e. The van der Waals surface area contributed by atoms with Crippen molar-refractivity contribution in [3.05, 3.63) is 40.4 Å². The Kier molecular flexibility index (Phi) is 4.73. The van der Waals surface area contributed by atoms with E-state index in [1.54, 1.807) is 37.3 Å². The Bertz CT molecular complexity index is 762. The third-order valence-corrected chi connectivity index (χ3v) is 4.53. The summed E-state index contributed by atoms with van der Waals surface area (Å²) in [7, 11) is 3.18. The van der Waals surface area contributed by atoms with Crippen molar-refractivity contribution in [2.45, 2.75) is 26.1 Å². The van der Waals surface area contributed by atoms with Crippen molar-refractivity contribution in [3.8, 4) is 5.75 Å². The van der Waals surface area contributed by atoms with Gasteiger partial charge in [-0.05, 0) is 25.1 Å². The van der Waals surface area contributed by atoms with Crippen LogP contribution in [-0.2, 0) is 17.9 Å². The first-order chi connectivity index (χ1) is 11.6. The summed E-state index contributed by atoms with van der Waals surface area (Å²) >= 11 is 6.21. The summed E-state index contributed by atoms with van der Waals surface area (Å²) in [4.78, 5) is 14.7. The molecule has 1 aromatic heterocycles. The smallest absolute Gasteiger partial charge is 0.256 e. The van der Waals surface area contributed by atoms with Crippen LogP contribution in [0.1, 0.15) is 35.0 Å². The van der Waals surface area contributed by atoms with Crippen LogP contribution in [0.25, 0.3) is 0 Å². The fourth-order valence-corrected chi connectivity index (χ4v) is 3.10. The molecular weight excluding hydrogens is 332 g/mol. The standard InChI is InChI=1S/C16H19ClN4O3/c1-10-15-19-18-14(9-23-2)21(15)7-6-20(10)16(22)12-8-11(24-3)4-5-13(12)17/h4-5,8,10H,6-7,9H2,1-3H3. The molecule has 0 N–H and O–H groups in total. The number of rotatable bonds is 4. The van der Waals surface area contributed by atoms with Crippen molar-refractivity contribution in [2.24, 2.45) is 0 Å². The Morgan fingerprint density at radius 2 is 2.12 bits per heavy atom. The van der Waals surface area contributed by atoms with Gasteiger partial charge in [-0.1, -0.05) is 11.6 Å². The van der Waals surface area contributed by atoms with Crippen LogP contribution in [0, 0.1) is 0 Å². The van der Waals surface area contributed by atoms with E-state index in [2.05, 4.69) is 10.2 Å². The first kappa shape index (κ1) is 16.7. The minimum absolute atomic E-state index is 0.144. The highest BCUT2D eigenvalue weighted by Crippen LogP contribution is 2.29. The van der Waals surface area contributed by atoms with Gasteiger partial charge in [0.15, 0.2) is 11.6 Å². The molecule has 1 aliphatic heterocycles. The maximum absolute atomic E-state index is 12.9. The minimum Gasteiger partial charge on any atom is -0.497 e. The molecule has 24 heavy (non-hydrogen) atoms. The van der Waals surface area contributed by atoms with E-state index in [4.69, 9.17) is 21.1 Å². The highest BCUT2D eigenvalue weighted by atomic mass is 35.5. The summed E-state index contributed by atoms with van der Waals surface area (Å²) in [6.45, 7) is 3.51. The molecule has 128 valence electrons. The van der Waals surface area contributed by atoms with Gasteiger partial charge in [0.2, 0.25) is 0 Å². The summed E-state index contributed by atoms with van der Waals surface area (Å²) in [6.07, 6.45) is 0. The molecule has 2 aromatic rings. The van der Waals surface area contributed by atoms with Crippen LogP contribution in [0.2, 0.25) is 5.02 Å². The monoisotopic (exact) mass is 350 g/mol. The quantitative estimate of drug-likeness (QED) is 0.846. The Hall–Kier alpha value is -2.12. The zero-order valence-corrected chi connectivity index (χ0v) is 14.6. The molecule has 0 radical (unpaired) electrons. The van der Waals surface area contributed by atoms with E-state index < -0.39 is 0 Å². The highest BCUT2D eigenvalue weighted by Gasteiger charge is 2.32. The minimum atomic E-state index is -0.202. The van der Waals surface area contributed by atoms with Gasteiger partial charge in [-0.15, -0.1) is 10.2 Å². The van der Waals surface area contributed by atoms with Crippen LogP contribution in [0.3, 0.4) is 0 Å². The number of methoxy groups -OCH3 is 2. The molecule has 0 aliphatic carbocycles. The number of carbonyl (C=O) groups is 1. The average molecular weight is 351 g/mol. The summed E-state index contributed by atoms with van der Waals surface area (Å²) in [6, 6.07) is 4.85. The molecule has 3 rings (SSSR count). The van der Waals surface area contributed by atoms with E-state index in [0.717, 1.165) is 11.6 Å². The molecule has 0 bridgehead atoms. The molecule has 1 aromatic carbocycles. The molecule has 0 spiro atoms. The van der Waals surface area contributed by atoms with Gasteiger partial charge in [0.05, 0.1) is 23.7 Å². The maximum atomic E-state index is 12.9. The van der Waals surface area contributed by atoms with Gasteiger partial charge in [0.25, 0.3) is 5.91 Å². The summed E-state index contributed by atoms with van der Waals surface area (Å²) in [5.41, 5.74) is 0.424. The Morgan fingerprint density at radius 3 is 2.83 bits per heavy atom. The lowest BCUT2D eigenvalue weighted by Gasteiger charge is -2.34. The van der Waals surface area contributed by atoms with Gasteiger partial charge in [-0.25, -0.2) is 0 Å². The molecule has 7 nitrogen and oxygen atoms in total. The topological polar surface area (TPSA) is 69.5 Å². The molecule has 1 atom stereocenters. The Balaban J connectivity index is 1.89. The second-order valence-electron chi connectivity index (χ2n) is 5.58. The summed E-state index contributed by atoms with van der Waals surface area (Å²) < 4.78 is 12.3. The van der Waals surface area contributed by atoms with Crippen LogP contribution in [0.5, 0.6) is 5.75 Å². The zero-order valence-electron chi connectivity index (χ0n) is 13.8. The molecule has 1 aliphatic rings. The number of aromatic nitrogens is 3. The number of ether oxygens (including phenoxy) is 2. The van der Waals surface area contributed by atoms with E-state index in [9.17, 15) is 4.79 Å². The van der Waals surface area contributed by atoms with Crippen LogP contribution < -0.4 is 4.74 Å². The maximum Gasteiger partial charge on any atom is 0.256 e. The van der Waals surface area contributed by atoms with Gasteiger partial charge in [0, 0.05) is 20.2 Å². The number of carbonyl (C=O) groups excluding carboxylic acids is 1. The van der Waals surface area contributed by atoms with Gasteiger partial charge >= 0.3 is 0 Å². The van der Waals surface area contributed by atoms with E-state index >= 15 is 0 Å². The molecular formula is C16H19ClN4O3. The van der Waals surface area contributed by atoms with Crippen LogP contribution in [0.15, 0.2) is 18.2 Å². The van der Waals surface area contributed by atoms with Crippen molar-refractivity contribution >= 4 is 17.5 Å². The number of benzene rings is 1. The van der Waals surface area contributed by atoms with Crippen molar-refractivity contribution in [2.75, 3.05) is 20.8 Å². The van der Waals surface area contributed by atoms with Crippen molar-refractivity contribution in [1.29, 1.82) is 0 Å². The van der Waals surface area contributed by atoms with Crippen LogP contribution >= 0.6 is 11.6 Å². The number of fused-ring (bicyclic) bond motifs is 1. The molecule has 8 heteroatoms. The van der Waals surface area contributed by atoms with Gasteiger partial charge in [-0.3, -0.25) is 4.79 Å². The molecule has 2 heterocycles. The lowest BCUT2D eigenvalue weighted by molar-refractivity contribution is 0.0632. The molecule has 0 fully saturated rings. The predicted octanol–water partition coefficient (Wildman–Crippen LogP) is 2.30. The SMILES string of the molecule is COCc1nnc2n1CCN(C(=O)c1cc(OC)ccc1Cl)C2C. The van der Waals surface area contributed by atoms with E-state index in [-0.39, 0.29) is 11.9 Å². The van der Waals surface area contributed by atoms with Crippen LogP contribution in [0.4, 0.5) is 0 Å². The summed E-state index contributed by atoms with van der Waals surface area (Å²) in [5.74, 6) is 1.97. The Labute approximate surface area is 145 Å². The fraction of sp³-hybridized carbons (Fsp3) is 0.438. The van der Waals surface area contributed by atoms with E-state index in [0.29, 0.717) is 36.0 Å². The van der Waals surface area contributed by atoms with Gasteiger partial charge in [0.1, 0.15) is 12.4 Å². The lowest BCUT2D eigenvalue weighted by atomic mass is 10.1. The first-order valence-electron chi connectivity index (χ1n) is 7.62. The Morgan fingerprint density at radius 1 is 1.33 bits per heavy atom. The number of amides is 1. The highest BCUT2D eigenvalue weighted by molar-refractivity contribution is 6.33. The number of hydrogen-bond acceptors (Lipinski definition) is 5. The molecule has 0 saturated heterocycles. The number of nitrogens with zero attached hydrogens (tertiary/aromatic N) is 4. The number of hydrogen-bond donors (Lipinski definition) is 0. The predicted molar refractivity (Wildman–Crippen MR) is 88.2 cm³/mol. The lowest BCUT2D eigenvalue weighted by Crippen LogP contribution is -2.41. The van der Waals surface area contributed by atoms with Crippen molar-refractivity contribution < 1.29 is 14.3 Å².